The molecule has 0 fully saturated rings. The van der Waals surface area contributed by atoms with Gasteiger partial charge in [-0.05, 0) is 42.0 Å². The highest BCUT2D eigenvalue weighted by molar-refractivity contribution is 7.89. The Kier molecular flexibility index (Phi) is 7.74. The zero-order chi connectivity index (χ0) is 21.4. The van der Waals surface area contributed by atoms with E-state index in [0.717, 1.165) is 5.56 Å². The molecule has 0 saturated heterocycles. The lowest BCUT2D eigenvalue weighted by molar-refractivity contribution is -0.123. The van der Waals surface area contributed by atoms with Crippen LogP contribution in [0.4, 0.5) is 0 Å². The molecule has 0 saturated carbocycles. The van der Waals surface area contributed by atoms with Crippen LogP contribution in [0.2, 0.25) is 0 Å². The fourth-order valence-electron chi connectivity index (χ4n) is 2.61. The number of benzene rings is 2. The largest absolute Gasteiger partial charge is 0.484 e. The second-order valence-corrected chi connectivity index (χ2v) is 8.13. The van der Waals surface area contributed by atoms with E-state index in [1.54, 1.807) is 38.1 Å². The maximum atomic E-state index is 12.5. The van der Waals surface area contributed by atoms with Crippen LogP contribution in [-0.2, 0) is 21.4 Å². The summed E-state index contributed by atoms with van der Waals surface area (Å²) in [6.07, 6.45) is 0. The van der Waals surface area contributed by atoms with Crippen molar-refractivity contribution in [1.29, 1.82) is 0 Å². The summed E-state index contributed by atoms with van der Waals surface area (Å²) >= 11 is 0. The fraction of sp³-hybridized carbons (Fsp3) is 0.300. The topological polar surface area (TPSA) is 119 Å². The molecule has 9 heteroatoms. The number of hydrogen-bond acceptors (Lipinski definition) is 5. The number of sulfonamides is 1. The van der Waals surface area contributed by atoms with Crippen LogP contribution in [-0.4, -0.2) is 44.2 Å². The maximum Gasteiger partial charge on any atom is 0.258 e. The van der Waals surface area contributed by atoms with Crippen molar-refractivity contribution in [2.24, 2.45) is 5.73 Å². The van der Waals surface area contributed by atoms with Crippen LogP contribution in [0, 0.1) is 0 Å². The summed E-state index contributed by atoms with van der Waals surface area (Å²) < 4.78 is 31.7. The molecule has 0 bridgehead atoms. The Morgan fingerprint density at radius 3 is 2.10 bits per heavy atom. The number of primary amides is 1. The molecule has 0 aliphatic rings. The van der Waals surface area contributed by atoms with E-state index in [4.69, 9.17) is 10.5 Å². The molecule has 3 N–H and O–H groups in total. The van der Waals surface area contributed by atoms with Crippen LogP contribution in [0.1, 0.15) is 29.8 Å². The molecule has 0 atom stereocenters. The molecule has 156 valence electrons. The van der Waals surface area contributed by atoms with E-state index in [1.165, 1.54) is 28.6 Å². The van der Waals surface area contributed by atoms with Crippen molar-refractivity contribution in [2.75, 3.05) is 19.7 Å². The first-order chi connectivity index (χ1) is 13.8. The lowest BCUT2D eigenvalue weighted by Gasteiger charge is -2.18. The molecule has 8 nitrogen and oxygen atoms in total. The Bertz CT molecular complexity index is 937. The monoisotopic (exact) mass is 419 g/mol. The highest BCUT2D eigenvalue weighted by Crippen LogP contribution is 2.16. The van der Waals surface area contributed by atoms with Gasteiger partial charge in [0.2, 0.25) is 15.9 Å². The normalized spacial score (nSPS) is 11.3. The van der Waals surface area contributed by atoms with Crippen molar-refractivity contribution in [1.82, 2.24) is 9.62 Å². The molecule has 29 heavy (non-hydrogen) atoms. The standard InChI is InChI=1S/C20H25N3O5S/c1-3-23(4-2)29(26,27)18-11-5-15(6-12-18)13-22-19(24)14-28-17-9-7-16(8-10-17)20(21)25/h5-12H,3-4,13-14H2,1-2H3,(H2,21,25)(H,22,24). The van der Waals surface area contributed by atoms with Crippen LogP contribution >= 0.6 is 0 Å². The minimum Gasteiger partial charge on any atom is -0.484 e. The third-order valence-corrected chi connectivity index (χ3v) is 6.33. The van der Waals surface area contributed by atoms with Gasteiger partial charge in [0.05, 0.1) is 4.90 Å². The number of nitrogens with two attached hydrogens (primary N) is 1. The van der Waals surface area contributed by atoms with Gasteiger partial charge in [-0.15, -0.1) is 0 Å². The number of carbonyl (C=O) groups excluding carboxylic acids is 2. The van der Waals surface area contributed by atoms with Crippen LogP contribution in [0.3, 0.4) is 0 Å². The molecule has 2 aromatic rings. The zero-order valence-electron chi connectivity index (χ0n) is 16.4. The van der Waals surface area contributed by atoms with E-state index < -0.39 is 15.9 Å². The molecule has 0 spiro atoms. The van der Waals surface area contributed by atoms with E-state index in [0.29, 0.717) is 24.4 Å². The first-order valence-electron chi connectivity index (χ1n) is 9.16. The average Bonchev–Trinajstić information content (AvgIpc) is 2.72. The molecule has 2 aromatic carbocycles. The van der Waals surface area contributed by atoms with E-state index in [9.17, 15) is 18.0 Å². The number of nitrogens with zero attached hydrogens (tertiary/aromatic N) is 1. The quantitative estimate of drug-likeness (QED) is 0.605. The number of nitrogens with one attached hydrogen (secondary N) is 1. The smallest absolute Gasteiger partial charge is 0.258 e. The first kappa shape index (κ1) is 22.4. The predicted molar refractivity (Wildman–Crippen MR) is 109 cm³/mol. The van der Waals surface area contributed by atoms with Gasteiger partial charge in [0.25, 0.3) is 5.91 Å². The number of rotatable bonds is 10. The van der Waals surface area contributed by atoms with Gasteiger partial charge in [-0.3, -0.25) is 9.59 Å². The van der Waals surface area contributed by atoms with Gasteiger partial charge in [0.1, 0.15) is 5.75 Å². The van der Waals surface area contributed by atoms with Crippen molar-refractivity contribution in [2.45, 2.75) is 25.3 Å². The number of ether oxygens (including phenoxy) is 1. The van der Waals surface area contributed by atoms with Crippen molar-refractivity contribution in [3.63, 3.8) is 0 Å². The highest BCUT2D eigenvalue weighted by atomic mass is 32.2. The van der Waals surface area contributed by atoms with E-state index in [-0.39, 0.29) is 24.0 Å². The summed E-state index contributed by atoms with van der Waals surface area (Å²) in [5, 5.41) is 2.70. The molecular formula is C20H25N3O5S. The van der Waals surface area contributed by atoms with Gasteiger partial charge >= 0.3 is 0 Å². The van der Waals surface area contributed by atoms with Crippen LogP contribution in [0.5, 0.6) is 5.75 Å². The summed E-state index contributed by atoms with van der Waals surface area (Å²) in [6.45, 7) is 4.45. The van der Waals surface area contributed by atoms with Crippen molar-refractivity contribution in [3.8, 4) is 5.75 Å². The summed E-state index contributed by atoms with van der Waals surface area (Å²) in [4.78, 5) is 23.2. The Labute approximate surface area is 170 Å². The third kappa shape index (κ3) is 6.03. The molecule has 2 rings (SSSR count). The van der Waals surface area contributed by atoms with Gasteiger partial charge < -0.3 is 15.8 Å². The molecule has 0 radical (unpaired) electrons. The third-order valence-electron chi connectivity index (χ3n) is 4.26. The summed E-state index contributed by atoms with van der Waals surface area (Å²) in [7, 11) is -3.50. The molecule has 0 aliphatic carbocycles. The Balaban J connectivity index is 1.86. The molecule has 2 amide bonds. The maximum absolute atomic E-state index is 12.5. The number of carbonyl (C=O) groups is 2. The highest BCUT2D eigenvalue weighted by Gasteiger charge is 2.21. The first-order valence-corrected chi connectivity index (χ1v) is 10.6. The lowest BCUT2D eigenvalue weighted by Crippen LogP contribution is -2.30. The summed E-state index contributed by atoms with van der Waals surface area (Å²) in [5.74, 6) is -0.426. The van der Waals surface area contributed by atoms with Crippen molar-refractivity contribution < 1.29 is 22.7 Å². The lowest BCUT2D eigenvalue weighted by atomic mass is 10.2. The zero-order valence-corrected chi connectivity index (χ0v) is 17.2. The van der Waals surface area contributed by atoms with Gasteiger partial charge in [0.15, 0.2) is 6.61 Å². The molecule has 0 unspecified atom stereocenters. The van der Waals surface area contributed by atoms with Crippen LogP contribution in [0.15, 0.2) is 53.4 Å². The minimum absolute atomic E-state index is 0.190. The molecule has 0 aromatic heterocycles. The average molecular weight is 420 g/mol. The van der Waals surface area contributed by atoms with Crippen LogP contribution in [0.25, 0.3) is 0 Å². The summed E-state index contributed by atoms with van der Waals surface area (Å²) in [6, 6.07) is 12.6. The van der Waals surface area contributed by atoms with Gasteiger partial charge in [-0.25, -0.2) is 8.42 Å². The Morgan fingerprint density at radius 2 is 1.59 bits per heavy atom. The molecule has 0 heterocycles. The predicted octanol–water partition coefficient (Wildman–Crippen LogP) is 1.51. The van der Waals surface area contributed by atoms with Crippen LogP contribution < -0.4 is 15.8 Å². The van der Waals surface area contributed by atoms with Gasteiger partial charge in [0, 0.05) is 25.2 Å². The number of amides is 2. The number of hydrogen-bond donors (Lipinski definition) is 2. The molecule has 0 aliphatic heterocycles. The fourth-order valence-corrected chi connectivity index (χ4v) is 4.07. The van der Waals surface area contributed by atoms with E-state index >= 15 is 0 Å². The SMILES string of the molecule is CCN(CC)S(=O)(=O)c1ccc(CNC(=O)COc2ccc(C(N)=O)cc2)cc1. The minimum atomic E-state index is -3.50. The summed E-state index contributed by atoms with van der Waals surface area (Å²) in [5.41, 5.74) is 6.28. The second kappa shape index (κ2) is 10.0. The Hall–Kier alpha value is -2.91. The van der Waals surface area contributed by atoms with Gasteiger partial charge in [-0.1, -0.05) is 26.0 Å². The van der Waals surface area contributed by atoms with E-state index in [1.807, 2.05) is 0 Å². The van der Waals surface area contributed by atoms with Gasteiger partial charge in [-0.2, -0.15) is 4.31 Å². The van der Waals surface area contributed by atoms with E-state index in [2.05, 4.69) is 5.32 Å². The van der Waals surface area contributed by atoms with Crippen molar-refractivity contribution in [3.05, 3.63) is 59.7 Å². The van der Waals surface area contributed by atoms with Crippen molar-refractivity contribution >= 4 is 21.8 Å². The second-order valence-electron chi connectivity index (χ2n) is 6.19. The Morgan fingerprint density at radius 1 is 1.00 bits per heavy atom. The molecular weight excluding hydrogens is 394 g/mol.